The first kappa shape index (κ1) is 13.5. The standard InChI is InChI=1S/C12H17N5OS/c1-8(10-5-4-6-19-10)15-12(13-3)14-7-11-16-9(2)18-17-11/h4-6,8H,7H2,1-3H3,(H2,13,14,15). The van der Waals surface area contributed by atoms with Crippen LogP contribution < -0.4 is 10.6 Å². The highest BCUT2D eigenvalue weighted by atomic mass is 32.1. The van der Waals surface area contributed by atoms with Crippen molar-refractivity contribution in [3.05, 3.63) is 34.1 Å². The monoisotopic (exact) mass is 279 g/mol. The van der Waals surface area contributed by atoms with Crippen molar-refractivity contribution in [2.45, 2.75) is 26.4 Å². The minimum Gasteiger partial charge on any atom is -0.349 e. The Morgan fingerprint density at radius 2 is 2.42 bits per heavy atom. The van der Waals surface area contributed by atoms with Gasteiger partial charge in [0.05, 0.1) is 12.6 Å². The Labute approximate surface area is 115 Å². The maximum atomic E-state index is 4.91. The van der Waals surface area contributed by atoms with E-state index in [1.807, 2.05) is 6.07 Å². The van der Waals surface area contributed by atoms with Gasteiger partial charge in [-0.05, 0) is 18.4 Å². The molecular weight excluding hydrogens is 262 g/mol. The largest absolute Gasteiger partial charge is 0.349 e. The molecule has 19 heavy (non-hydrogen) atoms. The van der Waals surface area contributed by atoms with Crippen molar-refractivity contribution in [2.24, 2.45) is 4.99 Å². The van der Waals surface area contributed by atoms with E-state index in [1.54, 1.807) is 25.3 Å². The molecule has 0 aliphatic heterocycles. The summed E-state index contributed by atoms with van der Waals surface area (Å²) in [5, 5.41) is 12.3. The van der Waals surface area contributed by atoms with E-state index in [0.29, 0.717) is 24.2 Å². The van der Waals surface area contributed by atoms with Crippen LogP contribution in [0, 0.1) is 6.92 Å². The molecule has 7 heteroatoms. The molecule has 0 spiro atoms. The minimum atomic E-state index is 0.207. The lowest BCUT2D eigenvalue weighted by atomic mass is 10.3. The smallest absolute Gasteiger partial charge is 0.223 e. The molecule has 0 aliphatic rings. The van der Waals surface area contributed by atoms with Gasteiger partial charge in [-0.15, -0.1) is 11.3 Å². The van der Waals surface area contributed by atoms with E-state index in [9.17, 15) is 0 Å². The number of hydrogen-bond acceptors (Lipinski definition) is 5. The Kier molecular flexibility index (Phi) is 4.51. The van der Waals surface area contributed by atoms with Crippen molar-refractivity contribution < 1.29 is 4.52 Å². The summed E-state index contributed by atoms with van der Waals surface area (Å²) in [6.07, 6.45) is 0. The second-order valence-electron chi connectivity index (χ2n) is 4.04. The normalized spacial score (nSPS) is 13.3. The lowest BCUT2D eigenvalue weighted by Crippen LogP contribution is -2.38. The van der Waals surface area contributed by atoms with E-state index in [4.69, 9.17) is 4.52 Å². The Bertz CT molecular complexity index is 534. The molecule has 6 nitrogen and oxygen atoms in total. The number of aromatic nitrogens is 2. The van der Waals surface area contributed by atoms with Gasteiger partial charge < -0.3 is 15.2 Å². The van der Waals surface area contributed by atoms with Crippen molar-refractivity contribution in [1.29, 1.82) is 0 Å². The zero-order chi connectivity index (χ0) is 13.7. The second-order valence-corrected chi connectivity index (χ2v) is 5.02. The Balaban J connectivity index is 1.87. The summed E-state index contributed by atoms with van der Waals surface area (Å²) >= 11 is 1.72. The predicted molar refractivity (Wildman–Crippen MR) is 75.1 cm³/mol. The van der Waals surface area contributed by atoms with Crippen molar-refractivity contribution in [3.8, 4) is 0 Å². The first-order chi connectivity index (χ1) is 9.19. The fourth-order valence-corrected chi connectivity index (χ4v) is 2.32. The third kappa shape index (κ3) is 3.78. The van der Waals surface area contributed by atoms with Crippen LogP contribution in [0.5, 0.6) is 0 Å². The predicted octanol–water partition coefficient (Wildman–Crippen LogP) is 1.87. The lowest BCUT2D eigenvalue weighted by Gasteiger charge is -2.16. The number of hydrogen-bond donors (Lipinski definition) is 2. The van der Waals surface area contributed by atoms with Gasteiger partial charge in [0.15, 0.2) is 11.8 Å². The molecule has 1 unspecified atom stereocenters. The van der Waals surface area contributed by atoms with Gasteiger partial charge in [-0.2, -0.15) is 4.98 Å². The van der Waals surface area contributed by atoms with Crippen LogP contribution in [0.25, 0.3) is 0 Å². The highest BCUT2D eigenvalue weighted by molar-refractivity contribution is 7.10. The highest BCUT2D eigenvalue weighted by Crippen LogP contribution is 2.17. The summed E-state index contributed by atoms with van der Waals surface area (Å²) in [5.41, 5.74) is 0. The summed E-state index contributed by atoms with van der Waals surface area (Å²) < 4.78 is 4.91. The number of aryl methyl sites for hydroxylation is 1. The number of thiophene rings is 1. The zero-order valence-corrected chi connectivity index (χ0v) is 12.0. The first-order valence-electron chi connectivity index (χ1n) is 5.99. The molecule has 102 valence electrons. The molecule has 1 atom stereocenters. The number of nitrogens with zero attached hydrogens (tertiary/aromatic N) is 3. The highest BCUT2D eigenvalue weighted by Gasteiger charge is 2.09. The van der Waals surface area contributed by atoms with E-state index >= 15 is 0 Å². The average molecular weight is 279 g/mol. The summed E-state index contributed by atoms with van der Waals surface area (Å²) in [5.74, 6) is 1.89. The average Bonchev–Trinajstić information content (AvgIpc) is 3.05. The van der Waals surface area contributed by atoms with Crippen molar-refractivity contribution in [2.75, 3.05) is 7.05 Å². The van der Waals surface area contributed by atoms with E-state index in [1.165, 1.54) is 4.88 Å². The Hall–Kier alpha value is -1.89. The van der Waals surface area contributed by atoms with Gasteiger partial charge in [0.25, 0.3) is 0 Å². The maximum Gasteiger partial charge on any atom is 0.223 e. The van der Waals surface area contributed by atoms with Crippen molar-refractivity contribution in [1.82, 2.24) is 20.8 Å². The van der Waals surface area contributed by atoms with Gasteiger partial charge in [-0.3, -0.25) is 4.99 Å². The molecular formula is C12H17N5OS. The number of guanidine groups is 1. The molecule has 0 radical (unpaired) electrons. The summed E-state index contributed by atoms with van der Waals surface area (Å²) in [6, 6.07) is 4.34. The fraction of sp³-hybridized carbons (Fsp3) is 0.417. The molecule has 0 saturated heterocycles. The molecule has 0 fully saturated rings. The molecule has 2 N–H and O–H groups in total. The Morgan fingerprint density at radius 1 is 1.58 bits per heavy atom. The molecule has 0 saturated carbocycles. The van der Waals surface area contributed by atoms with Crippen LogP contribution in [0.1, 0.15) is 29.6 Å². The Morgan fingerprint density at radius 3 is 3.00 bits per heavy atom. The number of rotatable bonds is 4. The van der Waals surface area contributed by atoms with Gasteiger partial charge in [0.1, 0.15) is 0 Å². The summed E-state index contributed by atoms with van der Waals surface area (Å²) in [4.78, 5) is 9.56. The number of nitrogens with one attached hydrogen (secondary N) is 2. The molecule has 0 amide bonds. The third-order valence-corrected chi connectivity index (χ3v) is 3.59. The lowest BCUT2D eigenvalue weighted by molar-refractivity contribution is 0.386. The molecule has 2 heterocycles. The molecule has 2 aromatic rings. The third-order valence-electron chi connectivity index (χ3n) is 2.53. The van der Waals surface area contributed by atoms with Crippen molar-refractivity contribution in [3.63, 3.8) is 0 Å². The van der Waals surface area contributed by atoms with E-state index < -0.39 is 0 Å². The van der Waals surface area contributed by atoms with Gasteiger partial charge in [0, 0.05) is 18.8 Å². The van der Waals surface area contributed by atoms with Crippen LogP contribution in [-0.4, -0.2) is 23.1 Å². The second kappa shape index (κ2) is 6.33. The SMILES string of the molecule is CN=C(NCc1noc(C)n1)NC(C)c1cccs1. The maximum absolute atomic E-state index is 4.91. The molecule has 2 aromatic heterocycles. The van der Waals surface area contributed by atoms with Crippen LogP contribution in [-0.2, 0) is 6.54 Å². The molecule has 0 aliphatic carbocycles. The molecule has 0 bridgehead atoms. The summed E-state index contributed by atoms with van der Waals surface area (Å²) in [6.45, 7) is 4.34. The molecule has 2 rings (SSSR count). The van der Waals surface area contributed by atoms with Crippen LogP contribution in [0.3, 0.4) is 0 Å². The zero-order valence-electron chi connectivity index (χ0n) is 11.2. The summed E-state index contributed by atoms with van der Waals surface area (Å²) in [7, 11) is 1.73. The van der Waals surface area contributed by atoms with Crippen molar-refractivity contribution >= 4 is 17.3 Å². The first-order valence-corrected chi connectivity index (χ1v) is 6.86. The fourth-order valence-electron chi connectivity index (χ4n) is 1.58. The number of aliphatic imine (C=N–C) groups is 1. The van der Waals surface area contributed by atoms with Crippen LogP contribution >= 0.6 is 11.3 Å². The van der Waals surface area contributed by atoms with E-state index in [0.717, 1.165) is 0 Å². The minimum absolute atomic E-state index is 0.207. The van der Waals surface area contributed by atoms with Crippen LogP contribution in [0.15, 0.2) is 27.0 Å². The van der Waals surface area contributed by atoms with Gasteiger partial charge in [-0.1, -0.05) is 11.2 Å². The van der Waals surface area contributed by atoms with Gasteiger partial charge in [-0.25, -0.2) is 0 Å². The van der Waals surface area contributed by atoms with Gasteiger partial charge >= 0.3 is 0 Å². The van der Waals surface area contributed by atoms with E-state index in [-0.39, 0.29) is 6.04 Å². The topological polar surface area (TPSA) is 75.3 Å². The molecule has 0 aromatic carbocycles. The van der Waals surface area contributed by atoms with Crippen LogP contribution in [0.4, 0.5) is 0 Å². The van der Waals surface area contributed by atoms with Gasteiger partial charge in [0.2, 0.25) is 5.89 Å². The van der Waals surface area contributed by atoms with E-state index in [2.05, 4.69) is 44.1 Å². The quantitative estimate of drug-likeness (QED) is 0.660. The van der Waals surface area contributed by atoms with Crippen LogP contribution in [0.2, 0.25) is 0 Å².